The van der Waals surface area contributed by atoms with E-state index in [0.29, 0.717) is 12.8 Å². The van der Waals surface area contributed by atoms with E-state index < -0.39 is 32.5 Å². The van der Waals surface area contributed by atoms with Crippen LogP contribution in [0.2, 0.25) is 0 Å². The van der Waals surface area contributed by atoms with Crippen LogP contribution in [0.5, 0.6) is 0 Å². The summed E-state index contributed by atoms with van der Waals surface area (Å²) in [6.07, 6.45) is 45.3. The number of carbonyl (C=O) groups excluding carboxylic acids is 2. The molecule has 0 aliphatic heterocycles. The molecule has 0 aliphatic rings. The first-order chi connectivity index (χ1) is 25.8. The van der Waals surface area contributed by atoms with E-state index in [9.17, 15) is 19.0 Å². The maximum Gasteiger partial charge on any atom is 0.472 e. The van der Waals surface area contributed by atoms with Crippen LogP contribution >= 0.6 is 7.82 Å². The third-order valence-electron chi connectivity index (χ3n) is 8.39. The molecule has 0 radical (unpaired) electrons. The van der Waals surface area contributed by atoms with E-state index in [1.165, 1.54) is 44.9 Å². The molecule has 3 N–H and O–H groups in total. The monoisotopic (exact) mass is 766 g/mol. The highest BCUT2D eigenvalue weighted by atomic mass is 31.2. The average Bonchev–Trinajstić information content (AvgIpc) is 3.14. The van der Waals surface area contributed by atoms with Gasteiger partial charge in [0.25, 0.3) is 0 Å². The molecule has 306 valence electrons. The van der Waals surface area contributed by atoms with Gasteiger partial charge in [0.2, 0.25) is 0 Å². The van der Waals surface area contributed by atoms with Crippen molar-refractivity contribution in [1.29, 1.82) is 0 Å². The van der Waals surface area contributed by atoms with Gasteiger partial charge in [0.05, 0.1) is 13.2 Å². The van der Waals surface area contributed by atoms with Gasteiger partial charge in [-0.1, -0.05) is 139 Å². The first-order valence-electron chi connectivity index (χ1n) is 20.8. The third-order valence-corrected chi connectivity index (χ3v) is 9.37. The summed E-state index contributed by atoms with van der Waals surface area (Å²) in [6.45, 7) is 3.55. The number of hydrogen-bond donors (Lipinski definition) is 2. The minimum Gasteiger partial charge on any atom is -0.462 e. The average molecular weight is 766 g/mol. The number of esters is 2. The Morgan fingerprint density at radius 3 is 1.55 bits per heavy atom. The minimum absolute atomic E-state index is 0.0468. The summed E-state index contributed by atoms with van der Waals surface area (Å²) in [7, 11) is -4.38. The molecule has 0 aliphatic carbocycles. The first kappa shape index (κ1) is 50.7. The fraction of sp³-hybridized carbons (Fsp3) is 0.721. The Morgan fingerprint density at radius 2 is 1.04 bits per heavy atom. The Morgan fingerprint density at radius 1 is 0.585 bits per heavy atom. The van der Waals surface area contributed by atoms with Crippen molar-refractivity contribution in [3.05, 3.63) is 60.8 Å². The van der Waals surface area contributed by atoms with Crippen LogP contribution in [0, 0.1) is 0 Å². The van der Waals surface area contributed by atoms with Crippen molar-refractivity contribution in [2.45, 2.75) is 174 Å². The van der Waals surface area contributed by atoms with Crippen molar-refractivity contribution in [2.75, 3.05) is 26.4 Å². The van der Waals surface area contributed by atoms with Crippen LogP contribution in [-0.2, 0) is 32.7 Å². The topological polar surface area (TPSA) is 134 Å². The second-order valence-corrected chi connectivity index (χ2v) is 14.9. The van der Waals surface area contributed by atoms with E-state index in [-0.39, 0.29) is 32.6 Å². The fourth-order valence-electron chi connectivity index (χ4n) is 5.32. The molecule has 0 bridgehead atoms. The lowest BCUT2D eigenvalue weighted by Gasteiger charge is -2.19. The van der Waals surface area contributed by atoms with Crippen molar-refractivity contribution < 1.29 is 37.6 Å². The van der Waals surface area contributed by atoms with E-state index in [4.69, 9.17) is 24.3 Å². The summed E-state index contributed by atoms with van der Waals surface area (Å²) in [6, 6.07) is 0. The molecule has 0 saturated carbocycles. The molecule has 0 amide bonds. The smallest absolute Gasteiger partial charge is 0.462 e. The fourth-order valence-corrected chi connectivity index (χ4v) is 6.09. The van der Waals surface area contributed by atoms with Gasteiger partial charge in [-0.2, -0.15) is 0 Å². The predicted molar refractivity (Wildman–Crippen MR) is 219 cm³/mol. The number of carbonyl (C=O) groups is 2. The quantitative estimate of drug-likeness (QED) is 0.0272. The Balaban J connectivity index is 4.22. The molecule has 2 unspecified atom stereocenters. The van der Waals surface area contributed by atoms with Crippen LogP contribution in [0.15, 0.2) is 60.8 Å². The van der Waals surface area contributed by atoms with E-state index in [1.807, 2.05) is 0 Å². The highest BCUT2D eigenvalue weighted by molar-refractivity contribution is 7.47. The van der Waals surface area contributed by atoms with Crippen LogP contribution in [0.3, 0.4) is 0 Å². The number of ether oxygens (including phenoxy) is 2. The molecule has 0 aromatic rings. The number of hydrogen-bond acceptors (Lipinski definition) is 8. The Bertz CT molecular complexity index is 1050. The number of phosphoric acid groups is 1. The number of unbranched alkanes of at least 4 members (excludes halogenated alkanes) is 15. The molecule has 9 nitrogen and oxygen atoms in total. The molecule has 0 heterocycles. The van der Waals surface area contributed by atoms with E-state index in [2.05, 4.69) is 74.6 Å². The van der Waals surface area contributed by atoms with Crippen molar-refractivity contribution >= 4 is 19.8 Å². The molecule has 0 spiro atoms. The molecule has 10 heteroatoms. The molecule has 53 heavy (non-hydrogen) atoms. The first-order valence-corrected chi connectivity index (χ1v) is 22.3. The lowest BCUT2D eigenvalue weighted by molar-refractivity contribution is -0.161. The summed E-state index contributed by atoms with van der Waals surface area (Å²) in [5.41, 5.74) is 5.34. The van der Waals surface area contributed by atoms with Crippen molar-refractivity contribution in [1.82, 2.24) is 0 Å². The molecular formula is C43H76NO8P. The van der Waals surface area contributed by atoms with Crippen LogP contribution in [0.25, 0.3) is 0 Å². The van der Waals surface area contributed by atoms with Crippen molar-refractivity contribution in [3.63, 3.8) is 0 Å². The van der Waals surface area contributed by atoms with Gasteiger partial charge in [-0.15, -0.1) is 0 Å². The highest BCUT2D eigenvalue weighted by Gasteiger charge is 2.26. The normalized spacial score (nSPS) is 14.0. The number of rotatable bonds is 38. The van der Waals surface area contributed by atoms with Gasteiger partial charge in [0.15, 0.2) is 6.10 Å². The molecular weight excluding hydrogens is 689 g/mol. The Hall–Kier alpha value is -2.29. The van der Waals surface area contributed by atoms with Gasteiger partial charge < -0.3 is 20.1 Å². The van der Waals surface area contributed by atoms with Crippen molar-refractivity contribution in [3.8, 4) is 0 Å². The predicted octanol–water partition coefficient (Wildman–Crippen LogP) is 11.7. The van der Waals surface area contributed by atoms with E-state index >= 15 is 0 Å². The minimum atomic E-state index is -4.38. The summed E-state index contributed by atoms with van der Waals surface area (Å²) < 4.78 is 32.7. The van der Waals surface area contributed by atoms with Crippen LogP contribution in [0.4, 0.5) is 0 Å². The zero-order valence-corrected chi connectivity index (χ0v) is 34.4. The summed E-state index contributed by atoms with van der Waals surface area (Å²) in [5.74, 6) is -0.862. The third kappa shape index (κ3) is 39.2. The second kappa shape index (κ2) is 39.4. The molecule has 0 rings (SSSR count). The molecule has 2 atom stereocenters. The highest BCUT2D eigenvalue weighted by Crippen LogP contribution is 2.43. The summed E-state index contributed by atoms with van der Waals surface area (Å²) >= 11 is 0. The largest absolute Gasteiger partial charge is 0.472 e. The summed E-state index contributed by atoms with van der Waals surface area (Å²) in [4.78, 5) is 34.8. The van der Waals surface area contributed by atoms with Crippen LogP contribution in [0.1, 0.15) is 168 Å². The molecule has 0 aromatic heterocycles. The number of nitrogens with two attached hydrogens (primary N) is 1. The van der Waals surface area contributed by atoms with Gasteiger partial charge in [-0.3, -0.25) is 18.6 Å². The van der Waals surface area contributed by atoms with Gasteiger partial charge in [0, 0.05) is 19.4 Å². The zero-order valence-electron chi connectivity index (χ0n) is 33.5. The molecule has 0 aromatic carbocycles. The van der Waals surface area contributed by atoms with Crippen molar-refractivity contribution in [2.24, 2.45) is 5.73 Å². The van der Waals surface area contributed by atoms with Crippen LogP contribution < -0.4 is 5.73 Å². The lowest BCUT2D eigenvalue weighted by atomic mass is 10.1. The van der Waals surface area contributed by atoms with Crippen LogP contribution in [-0.4, -0.2) is 49.3 Å². The summed E-state index contributed by atoms with van der Waals surface area (Å²) in [5, 5.41) is 0. The van der Waals surface area contributed by atoms with E-state index in [0.717, 1.165) is 83.5 Å². The van der Waals surface area contributed by atoms with Gasteiger partial charge in [0.1, 0.15) is 6.61 Å². The second-order valence-electron chi connectivity index (χ2n) is 13.5. The van der Waals surface area contributed by atoms with Gasteiger partial charge in [-0.25, -0.2) is 4.57 Å². The molecule has 0 saturated heterocycles. The Labute approximate surface area is 323 Å². The number of phosphoric ester groups is 1. The zero-order chi connectivity index (χ0) is 38.9. The van der Waals surface area contributed by atoms with Gasteiger partial charge in [-0.05, 0) is 77.0 Å². The Kier molecular flexibility index (Phi) is 37.7. The van der Waals surface area contributed by atoms with Gasteiger partial charge >= 0.3 is 19.8 Å². The lowest BCUT2D eigenvalue weighted by Crippen LogP contribution is -2.29. The SMILES string of the molecule is CCC=CCC=CCC=CCCCCCCCC(=O)OCC(COP(=O)(O)OCCN)OC(=O)CCCCCCCCCC=CCC=CCCCCC. The molecule has 0 fully saturated rings. The maximum atomic E-state index is 12.6. The maximum absolute atomic E-state index is 12.6. The van der Waals surface area contributed by atoms with E-state index in [1.54, 1.807) is 0 Å². The standard InChI is InChI=1S/C43H76NO8P/c1-3-5-7-9-11-13-15-17-19-20-22-24-26-28-30-32-34-36-43(46)52-41(40-51-53(47,48)50-38-37-44)39-49-42(45)35-33-31-29-27-25-23-21-18-16-14-12-10-8-6-4-2/h6,8,11-14,17-19,21,41H,3-5,7,9-10,15-16,20,22-40,44H2,1-2H3,(H,47,48). The number of allylic oxidation sites excluding steroid dienone is 10.